The summed E-state index contributed by atoms with van der Waals surface area (Å²) in [5, 5.41) is 4.19. The highest BCUT2D eigenvalue weighted by Gasteiger charge is 2.20. The van der Waals surface area contributed by atoms with E-state index in [1.165, 1.54) is 29.3 Å². The first-order valence-electron chi connectivity index (χ1n) is 6.11. The lowest BCUT2D eigenvalue weighted by Crippen LogP contribution is -2.22. The minimum atomic E-state index is 0.288. The summed E-state index contributed by atoms with van der Waals surface area (Å²) in [5.41, 5.74) is 7.24. The maximum absolute atomic E-state index is 6.04. The van der Waals surface area contributed by atoms with E-state index in [0.29, 0.717) is 5.25 Å². The Morgan fingerprint density at radius 3 is 3.19 bits per heavy atom. The normalized spacial score (nSPS) is 22.5. The first-order valence-corrected chi connectivity index (χ1v) is 8.04. The Kier molecular flexibility index (Phi) is 4.67. The quantitative estimate of drug-likeness (QED) is 0.878. The summed E-state index contributed by atoms with van der Waals surface area (Å²) >= 11 is 3.87. The van der Waals surface area contributed by atoms with E-state index in [2.05, 4.69) is 24.1 Å². The predicted octanol–water partition coefficient (Wildman–Crippen LogP) is 3.38. The van der Waals surface area contributed by atoms with Crippen LogP contribution in [0.2, 0.25) is 0 Å². The van der Waals surface area contributed by atoms with Gasteiger partial charge in [0.15, 0.2) is 0 Å². The second kappa shape index (κ2) is 6.03. The lowest BCUT2D eigenvalue weighted by molar-refractivity contribution is 0.594. The van der Waals surface area contributed by atoms with Gasteiger partial charge < -0.3 is 5.73 Å². The Hall–Kier alpha value is -0.0600. The van der Waals surface area contributed by atoms with Gasteiger partial charge in [0, 0.05) is 17.8 Å². The number of thioether (sulfide) groups is 1. The third kappa shape index (κ3) is 3.22. The van der Waals surface area contributed by atoms with Crippen molar-refractivity contribution in [3.8, 4) is 0 Å². The second-order valence-corrected chi connectivity index (χ2v) is 6.63. The zero-order valence-electron chi connectivity index (χ0n) is 9.82. The molecule has 2 atom stereocenters. The van der Waals surface area contributed by atoms with Crippen LogP contribution in [0.1, 0.15) is 48.6 Å². The van der Waals surface area contributed by atoms with E-state index >= 15 is 0 Å². The summed E-state index contributed by atoms with van der Waals surface area (Å²) in [5.74, 6) is 1.30. The average Bonchev–Trinajstić information content (AvgIpc) is 2.86. The summed E-state index contributed by atoms with van der Waals surface area (Å²) in [6, 6.07) is 0.288. The van der Waals surface area contributed by atoms with Crippen molar-refractivity contribution in [1.82, 2.24) is 4.98 Å². The minimum Gasteiger partial charge on any atom is -0.327 e. The molecule has 90 valence electrons. The average molecular weight is 256 g/mol. The van der Waals surface area contributed by atoms with Crippen LogP contribution in [-0.4, -0.2) is 16.8 Å². The number of nitrogens with two attached hydrogens (primary N) is 1. The summed E-state index contributed by atoms with van der Waals surface area (Å²) in [6.07, 6.45) is 5.86. The van der Waals surface area contributed by atoms with Gasteiger partial charge in [0.2, 0.25) is 0 Å². The maximum atomic E-state index is 6.04. The molecule has 2 unspecified atom stereocenters. The van der Waals surface area contributed by atoms with E-state index < -0.39 is 0 Å². The number of hydrogen-bond donors (Lipinski definition) is 1. The standard InChI is InChI=1S/C12H20N2S2/c1-2-4-9(13)7-10-8-16-12(14-10)11-5-3-6-15-11/h8-9,11H,2-7,13H2,1H3. The van der Waals surface area contributed by atoms with Gasteiger partial charge in [-0.2, -0.15) is 11.8 Å². The zero-order chi connectivity index (χ0) is 11.4. The molecule has 0 aliphatic carbocycles. The van der Waals surface area contributed by atoms with E-state index in [-0.39, 0.29) is 6.04 Å². The van der Waals surface area contributed by atoms with Crippen LogP contribution in [0.25, 0.3) is 0 Å². The molecule has 2 rings (SSSR count). The fraction of sp³-hybridized carbons (Fsp3) is 0.750. The van der Waals surface area contributed by atoms with Gasteiger partial charge in [-0.1, -0.05) is 13.3 Å². The smallest absolute Gasteiger partial charge is 0.106 e. The zero-order valence-corrected chi connectivity index (χ0v) is 11.4. The van der Waals surface area contributed by atoms with E-state index in [0.717, 1.165) is 19.3 Å². The molecule has 1 aliphatic heterocycles. The van der Waals surface area contributed by atoms with E-state index in [9.17, 15) is 0 Å². The van der Waals surface area contributed by atoms with Crippen molar-refractivity contribution in [2.45, 2.75) is 50.3 Å². The monoisotopic (exact) mass is 256 g/mol. The van der Waals surface area contributed by atoms with Crippen molar-refractivity contribution in [3.05, 3.63) is 16.1 Å². The highest BCUT2D eigenvalue weighted by molar-refractivity contribution is 7.99. The largest absolute Gasteiger partial charge is 0.327 e. The van der Waals surface area contributed by atoms with Crippen LogP contribution in [0.15, 0.2) is 5.38 Å². The van der Waals surface area contributed by atoms with Gasteiger partial charge in [0.05, 0.1) is 10.9 Å². The Labute approximate surface area is 106 Å². The summed E-state index contributed by atoms with van der Waals surface area (Å²) in [4.78, 5) is 4.73. The van der Waals surface area contributed by atoms with Gasteiger partial charge >= 0.3 is 0 Å². The van der Waals surface area contributed by atoms with Gasteiger partial charge in [0.1, 0.15) is 5.01 Å². The molecule has 2 N–H and O–H groups in total. The molecule has 0 bridgehead atoms. The summed E-state index contributed by atoms with van der Waals surface area (Å²) in [7, 11) is 0. The molecule has 4 heteroatoms. The van der Waals surface area contributed by atoms with Crippen LogP contribution in [0.4, 0.5) is 0 Å². The lowest BCUT2D eigenvalue weighted by Gasteiger charge is -2.07. The van der Waals surface area contributed by atoms with Crippen LogP contribution in [0, 0.1) is 0 Å². The highest BCUT2D eigenvalue weighted by Crippen LogP contribution is 2.40. The summed E-state index contributed by atoms with van der Waals surface area (Å²) < 4.78 is 0. The van der Waals surface area contributed by atoms with E-state index in [1.807, 2.05) is 11.3 Å². The van der Waals surface area contributed by atoms with Crippen molar-refractivity contribution in [2.75, 3.05) is 5.75 Å². The number of hydrogen-bond acceptors (Lipinski definition) is 4. The number of aromatic nitrogens is 1. The fourth-order valence-corrected chi connectivity index (χ4v) is 4.44. The Morgan fingerprint density at radius 2 is 2.50 bits per heavy atom. The third-order valence-corrected chi connectivity index (χ3v) is 5.45. The predicted molar refractivity (Wildman–Crippen MR) is 73.1 cm³/mol. The van der Waals surface area contributed by atoms with Crippen LogP contribution >= 0.6 is 23.1 Å². The molecule has 2 nitrogen and oxygen atoms in total. The molecule has 0 radical (unpaired) electrons. The molecular weight excluding hydrogens is 236 g/mol. The van der Waals surface area contributed by atoms with Crippen molar-refractivity contribution >= 4 is 23.1 Å². The topological polar surface area (TPSA) is 38.9 Å². The van der Waals surface area contributed by atoms with Crippen molar-refractivity contribution < 1.29 is 0 Å². The third-order valence-electron chi connectivity index (χ3n) is 2.91. The summed E-state index contributed by atoms with van der Waals surface area (Å²) in [6.45, 7) is 2.18. The maximum Gasteiger partial charge on any atom is 0.106 e. The number of thiazole rings is 1. The highest BCUT2D eigenvalue weighted by atomic mass is 32.2. The Balaban J connectivity index is 1.91. The van der Waals surface area contributed by atoms with Gasteiger partial charge in [0.25, 0.3) is 0 Å². The first-order chi connectivity index (χ1) is 7.79. The fourth-order valence-electron chi connectivity index (χ4n) is 2.08. The molecule has 1 fully saturated rings. The van der Waals surface area contributed by atoms with Crippen LogP contribution in [-0.2, 0) is 6.42 Å². The van der Waals surface area contributed by atoms with Crippen molar-refractivity contribution in [3.63, 3.8) is 0 Å². The molecule has 1 saturated heterocycles. The van der Waals surface area contributed by atoms with Crippen LogP contribution in [0.5, 0.6) is 0 Å². The lowest BCUT2D eigenvalue weighted by atomic mass is 10.1. The Morgan fingerprint density at radius 1 is 1.62 bits per heavy atom. The van der Waals surface area contributed by atoms with Crippen molar-refractivity contribution in [2.24, 2.45) is 5.73 Å². The van der Waals surface area contributed by atoms with E-state index in [1.54, 1.807) is 0 Å². The van der Waals surface area contributed by atoms with Crippen LogP contribution < -0.4 is 5.73 Å². The molecule has 1 aromatic heterocycles. The molecule has 1 aliphatic rings. The van der Waals surface area contributed by atoms with Crippen molar-refractivity contribution in [1.29, 1.82) is 0 Å². The number of nitrogens with zero attached hydrogens (tertiary/aromatic N) is 1. The molecule has 2 heterocycles. The molecule has 0 spiro atoms. The SMILES string of the molecule is CCCC(N)Cc1csc(C2CCCS2)n1. The Bertz CT molecular complexity index is 319. The van der Waals surface area contributed by atoms with Gasteiger partial charge in [-0.15, -0.1) is 11.3 Å². The molecule has 1 aromatic rings. The minimum absolute atomic E-state index is 0.288. The molecule has 0 amide bonds. The van der Waals surface area contributed by atoms with Crippen LogP contribution in [0.3, 0.4) is 0 Å². The molecular formula is C12H20N2S2. The van der Waals surface area contributed by atoms with Gasteiger partial charge in [-0.05, 0) is 25.0 Å². The molecule has 16 heavy (non-hydrogen) atoms. The molecule has 0 saturated carbocycles. The number of rotatable bonds is 5. The van der Waals surface area contributed by atoms with E-state index in [4.69, 9.17) is 10.7 Å². The second-order valence-electron chi connectivity index (χ2n) is 4.43. The molecule has 0 aromatic carbocycles. The van der Waals surface area contributed by atoms with Gasteiger partial charge in [-0.25, -0.2) is 4.98 Å². The van der Waals surface area contributed by atoms with Gasteiger partial charge in [-0.3, -0.25) is 0 Å². The first kappa shape index (κ1) is 12.4.